The van der Waals surface area contributed by atoms with Crippen LogP contribution in [0, 0.1) is 0 Å². The highest BCUT2D eigenvalue weighted by atomic mass is 35.5. The maximum atomic E-state index is 5.75. The minimum Gasteiger partial charge on any atom is -0.297 e. The van der Waals surface area contributed by atoms with Crippen molar-refractivity contribution < 1.29 is 0 Å². The zero-order chi connectivity index (χ0) is 9.97. The van der Waals surface area contributed by atoms with Crippen LogP contribution in [-0.2, 0) is 0 Å². The maximum absolute atomic E-state index is 5.75. The van der Waals surface area contributed by atoms with Gasteiger partial charge < -0.3 is 0 Å². The minimum absolute atomic E-state index is 0.474. The molecule has 3 heteroatoms. The van der Waals surface area contributed by atoms with Crippen molar-refractivity contribution in [2.45, 2.75) is 25.8 Å². The summed E-state index contributed by atoms with van der Waals surface area (Å²) in [5.41, 5.74) is 1.26. The molecule has 2 rings (SSSR count). The van der Waals surface area contributed by atoms with Gasteiger partial charge in [0.1, 0.15) is 5.15 Å². The van der Waals surface area contributed by atoms with Gasteiger partial charge in [-0.05, 0) is 44.5 Å². The third-order valence-electron chi connectivity index (χ3n) is 2.92. The standard InChI is InChI=1S/C11H15ClN2/c1-9(14-6-2-3-7-14)10-4-5-11(12)13-8-10/h4-5,8-9H,2-3,6-7H2,1H3. The lowest BCUT2D eigenvalue weighted by Crippen LogP contribution is -2.23. The highest BCUT2D eigenvalue weighted by Crippen LogP contribution is 2.24. The van der Waals surface area contributed by atoms with E-state index in [-0.39, 0.29) is 0 Å². The molecular weight excluding hydrogens is 196 g/mol. The number of halogens is 1. The van der Waals surface area contributed by atoms with Crippen LogP contribution in [0.25, 0.3) is 0 Å². The first-order valence-electron chi connectivity index (χ1n) is 5.13. The number of pyridine rings is 1. The molecule has 1 fully saturated rings. The zero-order valence-electron chi connectivity index (χ0n) is 8.41. The van der Waals surface area contributed by atoms with Gasteiger partial charge in [0.2, 0.25) is 0 Å². The fourth-order valence-corrected chi connectivity index (χ4v) is 2.09. The SMILES string of the molecule is CC(c1ccc(Cl)nc1)N1CCCC1. The van der Waals surface area contributed by atoms with Crippen molar-refractivity contribution in [3.8, 4) is 0 Å². The third-order valence-corrected chi connectivity index (χ3v) is 3.14. The van der Waals surface area contributed by atoms with E-state index in [2.05, 4.69) is 22.9 Å². The van der Waals surface area contributed by atoms with Crippen LogP contribution in [0.2, 0.25) is 5.15 Å². The van der Waals surface area contributed by atoms with Crippen LogP contribution >= 0.6 is 11.6 Å². The summed E-state index contributed by atoms with van der Waals surface area (Å²) in [5.74, 6) is 0. The predicted molar refractivity (Wildman–Crippen MR) is 58.5 cm³/mol. The van der Waals surface area contributed by atoms with Crippen molar-refractivity contribution in [2.24, 2.45) is 0 Å². The van der Waals surface area contributed by atoms with Gasteiger partial charge in [0.25, 0.3) is 0 Å². The van der Waals surface area contributed by atoms with Gasteiger partial charge in [0.15, 0.2) is 0 Å². The Morgan fingerprint density at radius 1 is 1.36 bits per heavy atom. The molecule has 0 N–H and O–H groups in total. The van der Waals surface area contributed by atoms with Crippen LogP contribution < -0.4 is 0 Å². The summed E-state index contributed by atoms with van der Waals surface area (Å²) >= 11 is 5.75. The number of hydrogen-bond acceptors (Lipinski definition) is 2. The Hall–Kier alpha value is -0.600. The first kappa shape index (κ1) is 9.94. The van der Waals surface area contributed by atoms with Gasteiger partial charge in [-0.25, -0.2) is 4.98 Å². The molecule has 0 saturated carbocycles. The normalized spacial score (nSPS) is 19.9. The molecule has 1 aromatic rings. The molecule has 0 spiro atoms. The van der Waals surface area contributed by atoms with Gasteiger partial charge >= 0.3 is 0 Å². The van der Waals surface area contributed by atoms with Crippen molar-refractivity contribution in [1.29, 1.82) is 0 Å². The Balaban J connectivity index is 2.09. The summed E-state index contributed by atoms with van der Waals surface area (Å²) in [6.07, 6.45) is 4.53. The summed E-state index contributed by atoms with van der Waals surface area (Å²) < 4.78 is 0. The van der Waals surface area contributed by atoms with E-state index >= 15 is 0 Å². The largest absolute Gasteiger partial charge is 0.297 e. The van der Waals surface area contributed by atoms with E-state index in [1.807, 2.05) is 12.3 Å². The van der Waals surface area contributed by atoms with Gasteiger partial charge in [-0.1, -0.05) is 17.7 Å². The topological polar surface area (TPSA) is 16.1 Å². The molecule has 0 amide bonds. The average molecular weight is 211 g/mol. The number of rotatable bonds is 2. The van der Waals surface area contributed by atoms with Crippen molar-refractivity contribution in [1.82, 2.24) is 9.88 Å². The molecule has 2 heterocycles. The van der Waals surface area contributed by atoms with Crippen LogP contribution in [0.3, 0.4) is 0 Å². The zero-order valence-corrected chi connectivity index (χ0v) is 9.17. The second-order valence-corrected chi connectivity index (χ2v) is 4.22. The summed E-state index contributed by atoms with van der Waals surface area (Å²) in [5, 5.41) is 0.572. The highest BCUT2D eigenvalue weighted by molar-refractivity contribution is 6.29. The van der Waals surface area contributed by atoms with Gasteiger partial charge in [-0.2, -0.15) is 0 Å². The average Bonchev–Trinajstić information content (AvgIpc) is 2.71. The summed E-state index contributed by atoms with van der Waals surface area (Å²) in [6, 6.07) is 4.41. The Morgan fingerprint density at radius 2 is 2.07 bits per heavy atom. The van der Waals surface area contributed by atoms with Crippen LogP contribution in [0.5, 0.6) is 0 Å². The molecular formula is C11H15ClN2. The van der Waals surface area contributed by atoms with E-state index < -0.39 is 0 Å². The minimum atomic E-state index is 0.474. The fraction of sp³-hybridized carbons (Fsp3) is 0.545. The van der Waals surface area contributed by atoms with Crippen LogP contribution in [0.1, 0.15) is 31.4 Å². The lowest BCUT2D eigenvalue weighted by molar-refractivity contribution is 0.263. The molecule has 0 bridgehead atoms. The van der Waals surface area contributed by atoms with E-state index in [1.54, 1.807) is 0 Å². The smallest absolute Gasteiger partial charge is 0.129 e. The molecule has 1 aliphatic rings. The molecule has 1 unspecified atom stereocenters. The van der Waals surface area contributed by atoms with Crippen LogP contribution in [-0.4, -0.2) is 23.0 Å². The number of likely N-dealkylation sites (tertiary alicyclic amines) is 1. The molecule has 1 aromatic heterocycles. The second-order valence-electron chi connectivity index (χ2n) is 3.83. The molecule has 1 saturated heterocycles. The third kappa shape index (κ3) is 2.07. The molecule has 1 aliphatic heterocycles. The molecule has 1 atom stereocenters. The Kier molecular flexibility index (Phi) is 3.04. The van der Waals surface area contributed by atoms with Crippen molar-refractivity contribution >= 4 is 11.6 Å². The van der Waals surface area contributed by atoms with E-state index in [4.69, 9.17) is 11.6 Å². The molecule has 76 valence electrons. The second kappa shape index (κ2) is 4.28. The molecule has 0 aromatic carbocycles. The lowest BCUT2D eigenvalue weighted by atomic mass is 10.1. The van der Waals surface area contributed by atoms with Gasteiger partial charge in [0.05, 0.1) is 0 Å². The molecule has 14 heavy (non-hydrogen) atoms. The van der Waals surface area contributed by atoms with Gasteiger partial charge in [0, 0.05) is 12.2 Å². The predicted octanol–water partition coefficient (Wildman–Crippen LogP) is 2.89. The maximum Gasteiger partial charge on any atom is 0.129 e. The lowest BCUT2D eigenvalue weighted by Gasteiger charge is -2.23. The summed E-state index contributed by atoms with van der Waals surface area (Å²) in [6.45, 7) is 4.66. The number of aromatic nitrogens is 1. The van der Waals surface area contributed by atoms with Crippen molar-refractivity contribution in [2.75, 3.05) is 13.1 Å². The number of hydrogen-bond donors (Lipinski definition) is 0. The Bertz CT molecular complexity index is 291. The van der Waals surface area contributed by atoms with E-state index in [9.17, 15) is 0 Å². The molecule has 2 nitrogen and oxygen atoms in total. The van der Waals surface area contributed by atoms with Gasteiger partial charge in [-0.3, -0.25) is 4.90 Å². The quantitative estimate of drug-likeness (QED) is 0.698. The van der Waals surface area contributed by atoms with E-state index in [0.717, 1.165) is 0 Å². The van der Waals surface area contributed by atoms with Crippen molar-refractivity contribution in [3.05, 3.63) is 29.0 Å². The highest BCUT2D eigenvalue weighted by Gasteiger charge is 2.19. The Labute approximate surface area is 89.9 Å². The van der Waals surface area contributed by atoms with Crippen LogP contribution in [0.15, 0.2) is 18.3 Å². The summed E-state index contributed by atoms with van der Waals surface area (Å²) in [4.78, 5) is 6.60. The fourth-order valence-electron chi connectivity index (χ4n) is 1.97. The first-order chi connectivity index (χ1) is 6.77. The van der Waals surface area contributed by atoms with Crippen molar-refractivity contribution in [3.63, 3.8) is 0 Å². The molecule has 0 radical (unpaired) electrons. The number of nitrogens with zero attached hydrogens (tertiary/aromatic N) is 2. The first-order valence-corrected chi connectivity index (χ1v) is 5.50. The Morgan fingerprint density at radius 3 is 2.64 bits per heavy atom. The van der Waals surface area contributed by atoms with E-state index in [0.29, 0.717) is 11.2 Å². The molecule has 0 aliphatic carbocycles. The van der Waals surface area contributed by atoms with Crippen LogP contribution in [0.4, 0.5) is 0 Å². The van der Waals surface area contributed by atoms with Gasteiger partial charge in [-0.15, -0.1) is 0 Å². The van der Waals surface area contributed by atoms with E-state index in [1.165, 1.54) is 31.5 Å². The monoisotopic (exact) mass is 210 g/mol. The summed E-state index contributed by atoms with van der Waals surface area (Å²) in [7, 11) is 0.